The molecule has 6 nitrogen and oxygen atoms in total. The molecule has 2 aliphatic rings. The smallest absolute Gasteiger partial charge is 0.405 e. The molecule has 0 unspecified atom stereocenters. The fourth-order valence-electron chi connectivity index (χ4n) is 3.90. The van der Waals surface area contributed by atoms with Crippen LogP contribution in [0, 0.1) is 22.7 Å². The van der Waals surface area contributed by atoms with Gasteiger partial charge in [0.25, 0.3) is 0 Å². The third kappa shape index (κ3) is 5.89. The van der Waals surface area contributed by atoms with Crippen LogP contribution in [0.1, 0.15) is 49.7 Å². The average Bonchev–Trinajstić information content (AvgIpc) is 3.54. The minimum Gasteiger partial charge on any atom is -0.405 e. The number of rotatable bonds is 6. The molecule has 2 amide bonds. The number of ether oxygens (including phenoxy) is 1. The van der Waals surface area contributed by atoms with Gasteiger partial charge in [-0.3, -0.25) is 9.59 Å². The topological polar surface area (TPSA) is 91.2 Å². The highest BCUT2D eigenvalue weighted by Crippen LogP contribution is 2.57. The Balaban J connectivity index is 1.51. The Bertz CT molecular complexity index is 942. The van der Waals surface area contributed by atoms with Gasteiger partial charge in [0.2, 0.25) is 11.8 Å². The van der Waals surface area contributed by atoms with Crippen LogP contribution in [0.25, 0.3) is 0 Å². The number of nitriles is 1. The number of carbonyl (C=O) groups is 2. The lowest BCUT2D eigenvalue weighted by atomic mass is 9.85. The Morgan fingerprint density at radius 2 is 1.73 bits per heavy atom. The lowest BCUT2D eigenvalue weighted by molar-refractivity contribution is -0.274. The molecule has 2 saturated carbocycles. The largest absolute Gasteiger partial charge is 0.573 e. The van der Waals surface area contributed by atoms with E-state index < -0.39 is 47.5 Å². The van der Waals surface area contributed by atoms with E-state index in [0.717, 1.165) is 6.07 Å². The number of alkyl halides is 6. The zero-order valence-corrected chi connectivity index (χ0v) is 17.3. The zero-order chi connectivity index (χ0) is 24.4. The summed E-state index contributed by atoms with van der Waals surface area (Å²) >= 11 is 0. The molecule has 0 saturated heterocycles. The fourth-order valence-corrected chi connectivity index (χ4v) is 3.90. The first-order valence-electron chi connectivity index (χ1n) is 10.3. The van der Waals surface area contributed by atoms with Crippen molar-refractivity contribution in [2.24, 2.45) is 11.3 Å². The maximum atomic E-state index is 13.1. The molecular formula is C21H21F6N3O3. The molecule has 2 N–H and O–H groups in total. The normalized spacial score (nSPS) is 22.1. The molecule has 2 fully saturated rings. The van der Waals surface area contributed by atoms with Gasteiger partial charge in [0.05, 0.1) is 11.6 Å². The second-order valence-electron chi connectivity index (χ2n) is 8.30. The van der Waals surface area contributed by atoms with E-state index in [9.17, 15) is 35.9 Å². The second kappa shape index (κ2) is 9.11. The summed E-state index contributed by atoms with van der Waals surface area (Å²) in [5.41, 5.74) is -2.30. The maximum Gasteiger partial charge on any atom is 0.573 e. The van der Waals surface area contributed by atoms with Crippen LogP contribution in [-0.2, 0) is 16.1 Å². The van der Waals surface area contributed by atoms with Crippen LogP contribution < -0.4 is 15.4 Å². The van der Waals surface area contributed by atoms with Crippen LogP contribution >= 0.6 is 0 Å². The SMILES string of the molecule is N#Cc1ccc(CNC(=O)C2CCC(NC(=O)C3(C(F)(F)F)CC3)CC2)c(OC(F)(F)F)c1. The van der Waals surface area contributed by atoms with E-state index in [1.165, 1.54) is 12.1 Å². The summed E-state index contributed by atoms with van der Waals surface area (Å²) in [7, 11) is 0. The van der Waals surface area contributed by atoms with Gasteiger partial charge in [-0.25, -0.2) is 0 Å². The average molecular weight is 477 g/mol. The van der Waals surface area contributed by atoms with E-state index in [-0.39, 0.29) is 30.5 Å². The summed E-state index contributed by atoms with van der Waals surface area (Å²) in [4.78, 5) is 24.5. The molecule has 0 bridgehead atoms. The van der Waals surface area contributed by atoms with Crippen LogP contribution in [0.3, 0.4) is 0 Å². The summed E-state index contributed by atoms with van der Waals surface area (Å²) in [5.74, 6) is -2.52. The van der Waals surface area contributed by atoms with Crippen molar-refractivity contribution >= 4 is 11.8 Å². The molecule has 180 valence electrons. The summed E-state index contributed by atoms with van der Waals surface area (Å²) in [6.45, 7) is -0.263. The highest BCUT2D eigenvalue weighted by molar-refractivity contribution is 5.86. The lowest BCUT2D eigenvalue weighted by Crippen LogP contribution is -2.47. The molecule has 2 aliphatic carbocycles. The maximum absolute atomic E-state index is 13.1. The minimum absolute atomic E-state index is 0.0301. The first kappa shape index (κ1) is 24.7. The number of nitrogens with one attached hydrogen (secondary N) is 2. The second-order valence-corrected chi connectivity index (χ2v) is 8.30. The Labute approximate surface area is 185 Å². The summed E-state index contributed by atoms with van der Waals surface area (Å²) in [5, 5.41) is 13.8. The number of amides is 2. The highest BCUT2D eigenvalue weighted by Gasteiger charge is 2.68. The molecule has 1 aromatic rings. The Morgan fingerprint density at radius 3 is 2.24 bits per heavy atom. The Morgan fingerprint density at radius 1 is 1.09 bits per heavy atom. The van der Waals surface area contributed by atoms with Crippen molar-refractivity contribution in [2.75, 3.05) is 0 Å². The van der Waals surface area contributed by atoms with Gasteiger partial charge < -0.3 is 15.4 Å². The van der Waals surface area contributed by atoms with Gasteiger partial charge >= 0.3 is 12.5 Å². The fraction of sp³-hybridized carbons (Fsp3) is 0.571. The molecule has 0 aromatic heterocycles. The van der Waals surface area contributed by atoms with Crippen LogP contribution in [0.2, 0.25) is 0 Å². The number of hydrogen-bond donors (Lipinski definition) is 2. The van der Waals surface area contributed by atoms with Gasteiger partial charge in [0.1, 0.15) is 11.2 Å². The first-order chi connectivity index (χ1) is 15.3. The van der Waals surface area contributed by atoms with Crippen molar-refractivity contribution in [2.45, 2.75) is 63.7 Å². The molecule has 0 heterocycles. The van der Waals surface area contributed by atoms with Gasteiger partial charge in [-0.05, 0) is 50.7 Å². The van der Waals surface area contributed by atoms with Crippen molar-refractivity contribution in [3.8, 4) is 11.8 Å². The van der Waals surface area contributed by atoms with E-state index in [1.807, 2.05) is 0 Å². The molecule has 0 spiro atoms. The zero-order valence-electron chi connectivity index (χ0n) is 17.3. The van der Waals surface area contributed by atoms with Crippen molar-refractivity contribution in [1.82, 2.24) is 10.6 Å². The molecule has 33 heavy (non-hydrogen) atoms. The molecule has 1 aromatic carbocycles. The highest BCUT2D eigenvalue weighted by atomic mass is 19.4. The molecule has 12 heteroatoms. The standard InChI is InChI=1S/C21H21F6N3O3/c22-20(23,24)19(7-8-19)18(32)30-15-5-3-13(4-6-15)17(31)29-11-14-2-1-12(10-28)9-16(14)33-21(25,26)27/h1-2,9,13,15H,3-8,11H2,(H,29,31)(H,30,32). The van der Waals surface area contributed by atoms with E-state index >= 15 is 0 Å². The van der Waals surface area contributed by atoms with E-state index in [2.05, 4.69) is 15.4 Å². The van der Waals surface area contributed by atoms with Gasteiger partial charge in [-0.2, -0.15) is 18.4 Å². The first-order valence-corrected chi connectivity index (χ1v) is 10.3. The minimum atomic E-state index is -4.97. The van der Waals surface area contributed by atoms with Crippen molar-refractivity contribution < 1.29 is 40.7 Å². The van der Waals surface area contributed by atoms with Crippen LogP contribution in [0.4, 0.5) is 26.3 Å². The van der Waals surface area contributed by atoms with Crippen molar-refractivity contribution in [1.29, 1.82) is 5.26 Å². The Kier molecular flexibility index (Phi) is 6.81. The Hall–Kier alpha value is -2.97. The van der Waals surface area contributed by atoms with Crippen LogP contribution in [-0.4, -0.2) is 30.4 Å². The number of benzene rings is 1. The van der Waals surface area contributed by atoms with Gasteiger partial charge in [0, 0.05) is 24.1 Å². The summed E-state index contributed by atoms with van der Waals surface area (Å²) < 4.78 is 81.0. The van der Waals surface area contributed by atoms with Gasteiger partial charge in [-0.1, -0.05) is 6.07 Å². The van der Waals surface area contributed by atoms with Crippen molar-refractivity contribution in [3.63, 3.8) is 0 Å². The summed E-state index contributed by atoms with van der Waals surface area (Å²) in [6, 6.07) is 4.72. The van der Waals surface area contributed by atoms with Gasteiger partial charge in [0.15, 0.2) is 0 Å². The number of carbonyl (C=O) groups excluding carboxylic acids is 2. The molecule has 0 atom stereocenters. The number of halogens is 6. The monoisotopic (exact) mass is 477 g/mol. The van der Waals surface area contributed by atoms with E-state index in [4.69, 9.17) is 5.26 Å². The van der Waals surface area contributed by atoms with Crippen LogP contribution in [0.5, 0.6) is 5.75 Å². The van der Waals surface area contributed by atoms with E-state index in [0.29, 0.717) is 25.7 Å². The quantitative estimate of drug-likeness (QED) is 0.604. The van der Waals surface area contributed by atoms with Crippen LogP contribution in [0.15, 0.2) is 18.2 Å². The predicted octanol–water partition coefficient (Wildman–Crippen LogP) is 4.09. The predicted molar refractivity (Wildman–Crippen MR) is 101 cm³/mol. The third-order valence-electron chi connectivity index (χ3n) is 6.04. The van der Waals surface area contributed by atoms with E-state index in [1.54, 1.807) is 6.07 Å². The molecular weight excluding hydrogens is 456 g/mol. The molecule has 0 aliphatic heterocycles. The summed E-state index contributed by atoms with van der Waals surface area (Å²) in [6.07, 6.45) is -8.75. The number of hydrogen-bond acceptors (Lipinski definition) is 4. The third-order valence-corrected chi connectivity index (χ3v) is 6.04. The van der Waals surface area contributed by atoms with Gasteiger partial charge in [-0.15, -0.1) is 13.2 Å². The molecule has 0 radical (unpaired) electrons. The number of nitrogens with zero attached hydrogens (tertiary/aromatic N) is 1. The van der Waals surface area contributed by atoms with Crippen molar-refractivity contribution in [3.05, 3.63) is 29.3 Å². The lowest BCUT2D eigenvalue weighted by Gasteiger charge is -2.30. The molecule has 3 rings (SSSR count).